The lowest BCUT2D eigenvalue weighted by Crippen LogP contribution is -2.46. The standard InChI is InChI=1S/C68H92O3P2/c1-60(2,3)43-30-34-47(51(38-43)64(13,14)15)56-55(42-28-26-25-27-29-42)57(48-35-31-44(61(4,5)6)39-52(48)65(16,17)18)59(50-37-33-46(63(10,11)12)41-54(50)67(22,23)24)68(69-72-71-73-70-68)58(56)49-36-32-45(62(7,8)9)40-53(49)66(19,20)21/h25-41,58,72-73H,1-24H3. The van der Waals surface area contributed by atoms with Crippen molar-refractivity contribution in [3.8, 4) is 0 Å². The van der Waals surface area contributed by atoms with Crippen molar-refractivity contribution in [1.29, 1.82) is 0 Å². The van der Waals surface area contributed by atoms with Crippen LogP contribution in [0.25, 0.3) is 22.3 Å². The summed E-state index contributed by atoms with van der Waals surface area (Å²) in [6.07, 6.45) is 0. The quantitative estimate of drug-likeness (QED) is 0.164. The molecular formula is C68H92O3P2. The molecule has 1 aliphatic heterocycles. The van der Waals surface area contributed by atoms with Gasteiger partial charge in [0.15, 0.2) is 18.1 Å². The first-order valence-electron chi connectivity index (χ1n) is 27.0. The largest absolute Gasteiger partial charge is 0.297 e. The molecule has 0 saturated carbocycles. The van der Waals surface area contributed by atoms with Gasteiger partial charge in [-0.15, -0.1) is 0 Å². The van der Waals surface area contributed by atoms with Crippen LogP contribution in [0.2, 0.25) is 0 Å². The Kier molecular flexibility index (Phi) is 15.2. The van der Waals surface area contributed by atoms with Gasteiger partial charge in [-0.05, 0) is 132 Å². The molecule has 5 aromatic carbocycles. The maximum atomic E-state index is 7.76. The number of rotatable bonds is 5. The molecule has 392 valence electrons. The van der Waals surface area contributed by atoms with Crippen molar-refractivity contribution in [3.63, 3.8) is 0 Å². The van der Waals surface area contributed by atoms with E-state index in [1.165, 1.54) is 72.3 Å². The van der Waals surface area contributed by atoms with Crippen LogP contribution in [0, 0.1) is 0 Å². The van der Waals surface area contributed by atoms with Crippen LogP contribution in [0.4, 0.5) is 0 Å². The number of allylic oxidation sites excluding steroid dienone is 2. The van der Waals surface area contributed by atoms with E-state index in [1.54, 1.807) is 0 Å². The Labute approximate surface area is 448 Å². The summed E-state index contributed by atoms with van der Waals surface area (Å²) in [4.78, 5) is 0. The van der Waals surface area contributed by atoms with Gasteiger partial charge in [-0.1, -0.05) is 269 Å². The summed E-state index contributed by atoms with van der Waals surface area (Å²) < 4.78 is 21.8. The molecule has 1 fully saturated rings. The second kappa shape index (κ2) is 19.4. The first kappa shape index (κ1) is 57.0. The maximum absolute atomic E-state index is 7.76. The second-order valence-corrected chi connectivity index (χ2v) is 31.1. The van der Waals surface area contributed by atoms with Crippen LogP contribution in [0.15, 0.2) is 103 Å². The Morgan fingerprint density at radius 1 is 0.356 bits per heavy atom. The highest BCUT2D eigenvalue weighted by Gasteiger charge is 2.58. The van der Waals surface area contributed by atoms with Crippen LogP contribution in [0.1, 0.15) is 244 Å². The predicted octanol–water partition coefficient (Wildman–Crippen LogP) is 20.2. The van der Waals surface area contributed by atoms with Gasteiger partial charge in [-0.3, -0.25) is 13.4 Å². The fraction of sp³-hybridized carbons (Fsp3) is 0.500. The van der Waals surface area contributed by atoms with Crippen LogP contribution in [0.5, 0.6) is 0 Å². The topological polar surface area (TPSA) is 27.7 Å². The summed E-state index contributed by atoms with van der Waals surface area (Å²) in [6.45, 7) is 56.5. The van der Waals surface area contributed by atoms with Crippen molar-refractivity contribution >= 4 is 40.4 Å². The predicted molar refractivity (Wildman–Crippen MR) is 321 cm³/mol. The molecule has 5 aromatic rings. The molecule has 0 N–H and O–H groups in total. The second-order valence-electron chi connectivity index (χ2n) is 29.6. The number of benzene rings is 5. The highest BCUT2D eigenvalue weighted by atomic mass is 31.2. The third-order valence-corrected chi connectivity index (χ3v) is 16.7. The molecule has 0 aromatic heterocycles. The molecule has 5 heteroatoms. The average Bonchev–Trinajstić information content (AvgIpc) is 3.26. The zero-order valence-corrected chi connectivity index (χ0v) is 51.6. The molecule has 1 aliphatic carbocycles. The van der Waals surface area contributed by atoms with Gasteiger partial charge in [0.1, 0.15) is 0 Å². The van der Waals surface area contributed by atoms with E-state index in [0.717, 1.165) is 22.3 Å². The average molecular weight is 1020 g/mol. The Morgan fingerprint density at radius 3 is 1.12 bits per heavy atom. The van der Waals surface area contributed by atoms with Gasteiger partial charge >= 0.3 is 0 Å². The third kappa shape index (κ3) is 11.4. The fourth-order valence-electron chi connectivity index (χ4n) is 11.0. The lowest BCUT2D eigenvalue weighted by Gasteiger charge is -2.51. The monoisotopic (exact) mass is 1020 g/mol. The van der Waals surface area contributed by atoms with E-state index in [9.17, 15) is 0 Å². The molecule has 7 rings (SSSR count). The van der Waals surface area contributed by atoms with E-state index in [1.807, 2.05) is 0 Å². The van der Waals surface area contributed by atoms with E-state index in [4.69, 9.17) is 13.4 Å². The van der Waals surface area contributed by atoms with Gasteiger partial charge in [-0.25, -0.2) is 0 Å². The summed E-state index contributed by atoms with van der Waals surface area (Å²) in [6, 6.07) is 40.6. The highest BCUT2D eigenvalue weighted by molar-refractivity contribution is 7.41. The van der Waals surface area contributed by atoms with Gasteiger partial charge < -0.3 is 0 Å². The van der Waals surface area contributed by atoms with Gasteiger partial charge in [0.25, 0.3) is 0 Å². The molecule has 73 heavy (non-hydrogen) atoms. The molecular weight excluding hydrogens is 927 g/mol. The van der Waals surface area contributed by atoms with Gasteiger partial charge in [-0.2, -0.15) is 0 Å². The molecule has 3 unspecified atom stereocenters. The molecule has 0 amide bonds. The minimum absolute atomic E-state index is 0.0725. The Hall–Kier alpha value is -3.68. The summed E-state index contributed by atoms with van der Waals surface area (Å²) >= 11 is 0. The van der Waals surface area contributed by atoms with E-state index < -0.39 is 11.7 Å². The minimum Gasteiger partial charge on any atom is -0.297 e. The van der Waals surface area contributed by atoms with Crippen molar-refractivity contribution in [3.05, 3.63) is 175 Å². The lowest BCUT2D eigenvalue weighted by atomic mass is 9.60. The molecule has 3 nitrogen and oxygen atoms in total. The van der Waals surface area contributed by atoms with Crippen LogP contribution in [-0.2, 0) is 56.7 Å². The zero-order chi connectivity index (χ0) is 54.4. The summed E-state index contributed by atoms with van der Waals surface area (Å²) in [5.41, 5.74) is 19.6. The summed E-state index contributed by atoms with van der Waals surface area (Å²) in [5.74, 6) is -1.82. The van der Waals surface area contributed by atoms with Crippen LogP contribution < -0.4 is 0 Å². The first-order chi connectivity index (χ1) is 33.3. The van der Waals surface area contributed by atoms with Crippen molar-refractivity contribution in [2.24, 2.45) is 0 Å². The Balaban J connectivity index is 1.93. The summed E-state index contributed by atoms with van der Waals surface area (Å²) in [7, 11) is -0.506. The molecule has 1 heterocycles. The van der Waals surface area contributed by atoms with E-state index in [-0.39, 0.29) is 61.4 Å². The number of hydrogen-bond donors (Lipinski definition) is 0. The highest BCUT2D eigenvalue weighted by Crippen LogP contribution is 2.68. The van der Waals surface area contributed by atoms with Crippen molar-refractivity contribution in [2.45, 2.75) is 221 Å². The van der Waals surface area contributed by atoms with Crippen LogP contribution in [0.3, 0.4) is 0 Å². The molecule has 0 radical (unpaired) electrons. The number of hydrogen-bond acceptors (Lipinski definition) is 3. The third-order valence-electron chi connectivity index (χ3n) is 15.3. The van der Waals surface area contributed by atoms with Crippen molar-refractivity contribution in [2.75, 3.05) is 0 Å². The van der Waals surface area contributed by atoms with Gasteiger partial charge in [0.05, 0.1) is 5.92 Å². The SMILES string of the molecule is CC(C)(C)c1ccc(C2=C(c3ccc(C(C)(C)C)cc3C(C)(C)C)C3(OPOPO3)C(c3ccc(C(C)(C)C)cc3C(C)(C)C)C(c3ccc(C(C)(C)C)cc3C(C)(C)C)=C2c2ccccc2)c(C(C)(C)C)c1. The van der Waals surface area contributed by atoms with E-state index >= 15 is 0 Å². The molecule has 3 atom stereocenters. The van der Waals surface area contributed by atoms with Crippen LogP contribution in [-0.4, -0.2) is 5.79 Å². The Morgan fingerprint density at radius 2 is 0.712 bits per heavy atom. The molecule has 2 aliphatic rings. The Bertz CT molecular complexity index is 2920. The van der Waals surface area contributed by atoms with Gasteiger partial charge in [0, 0.05) is 5.57 Å². The smallest absolute Gasteiger partial charge is 0.218 e. The van der Waals surface area contributed by atoms with Gasteiger partial charge in [0.2, 0.25) is 5.79 Å². The van der Waals surface area contributed by atoms with Crippen LogP contribution >= 0.6 is 18.1 Å². The molecule has 1 spiro atoms. The minimum atomic E-state index is -1.36. The van der Waals surface area contributed by atoms with Crippen molar-refractivity contribution in [1.82, 2.24) is 0 Å². The normalized spacial score (nSPS) is 19.7. The molecule has 0 bridgehead atoms. The summed E-state index contributed by atoms with van der Waals surface area (Å²) in [5, 5.41) is 0. The zero-order valence-electron chi connectivity index (χ0n) is 49.6. The molecule has 1 saturated heterocycles. The first-order valence-corrected chi connectivity index (χ1v) is 28.6. The maximum Gasteiger partial charge on any atom is 0.218 e. The lowest BCUT2D eigenvalue weighted by molar-refractivity contribution is -0.0713. The fourth-order valence-corrected chi connectivity index (χ4v) is 12.3. The van der Waals surface area contributed by atoms with E-state index in [0.29, 0.717) is 0 Å². The van der Waals surface area contributed by atoms with Crippen molar-refractivity contribution < 1.29 is 13.4 Å². The van der Waals surface area contributed by atoms with E-state index in [2.05, 4.69) is 269 Å².